The zero-order valence-corrected chi connectivity index (χ0v) is 16.6. The fraction of sp³-hybridized carbons (Fsp3) is 0.0769. The molecule has 4 aromatic rings. The monoisotopic (exact) mass is 382 g/mol. The first kappa shape index (κ1) is 18.5. The molecule has 0 fully saturated rings. The van der Waals surface area contributed by atoms with E-state index in [1.165, 1.54) is 22.3 Å². The molecule has 4 rings (SSSR count). The van der Waals surface area contributed by atoms with E-state index in [2.05, 4.69) is 91.0 Å². The van der Waals surface area contributed by atoms with Gasteiger partial charge in [-0.3, -0.25) is 0 Å². The summed E-state index contributed by atoms with van der Waals surface area (Å²) >= 11 is 0. The Balaban J connectivity index is 1.86. The van der Waals surface area contributed by atoms with Gasteiger partial charge in [-0.25, -0.2) is 0 Å². The van der Waals surface area contributed by atoms with Crippen molar-refractivity contribution in [3.8, 4) is 5.75 Å². The van der Waals surface area contributed by atoms with Gasteiger partial charge in [0.25, 0.3) is 0 Å². The van der Waals surface area contributed by atoms with Crippen molar-refractivity contribution >= 4 is 8.58 Å². The highest BCUT2D eigenvalue weighted by molar-refractivity contribution is 7.39. The summed E-state index contributed by atoms with van der Waals surface area (Å²) in [6.07, 6.45) is 0.943. The fourth-order valence-corrected chi connectivity index (χ4v) is 5.54. The topological polar surface area (TPSA) is 20.2 Å². The normalized spacial score (nSPS) is 11.7. The summed E-state index contributed by atoms with van der Waals surface area (Å²) in [5.41, 5.74) is 5.17. The summed E-state index contributed by atoms with van der Waals surface area (Å²) in [7, 11) is 0.619. The molecule has 1 nitrogen and oxygen atoms in total. The predicted octanol–water partition coefficient (Wildman–Crippen LogP) is 6.56. The van der Waals surface area contributed by atoms with E-state index in [1.54, 1.807) is 12.1 Å². The minimum absolute atomic E-state index is 0.207. The molecule has 0 aromatic heterocycles. The number of phenols is 1. The van der Waals surface area contributed by atoms with E-state index >= 15 is 0 Å². The van der Waals surface area contributed by atoms with E-state index in [0.717, 1.165) is 6.16 Å². The molecule has 0 aliphatic carbocycles. The van der Waals surface area contributed by atoms with Gasteiger partial charge in [0.15, 0.2) is 0 Å². The molecule has 28 heavy (non-hydrogen) atoms. The highest BCUT2D eigenvalue weighted by Crippen LogP contribution is 2.53. The second-order valence-electron chi connectivity index (χ2n) is 6.87. The fourth-order valence-electron chi connectivity index (χ4n) is 3.72. The molecular formula is C26H23OP. The summed E-state index contributed by atoms with van der Waals surface area (Å²) < 4.78 is 0. The summed E-state index contributed by atoms with van der Waals surface area (Å²) in [5.74, 6) is 0.313. The lowest BCUT2D eigenvalue weighted by Crippen LogP contribution is -2.24. The maximum Gasteiger partial charge on any atom is 0.115 e. The van der Waals surface area contributed by atoms with E-state index in [9.17, 15) is 5.11 Å². The predicted molar refractivity (Wildman–Crippen MR) is 119 cm³/mol. The zero-order valence-electron chi connectivity index (χ0n) is 15.6. The maximum absolute atomic E-state index is 9.62. The molecule has 138 valence electrons. The third-order valence-corrected chi connectivity index (χ3v) is 7.10. The van der Waals surface area contributed by atoms with Crippen molar-refractivity contribution < 1.29 is 5.11 Å². The standard InChI is InChI=1S/C26H23OP/c27-25-18-16-21(17-19-25)20-28-26(22-10-4-1-5-11-22,23-12-6-2-7-13-23)24-14-8-3-9-15-24/h1-19,27-28H,20H2. The molecule has 0 heterocycles. The van der Waals surface area contributed by atoms with Gasteiger partial charge in [0.1, 0.15) is 5.75 Å². The molecule has 0 saturated heterocycles. The quantitative estimate of drug-likeness (QED) is 0.296. The molecule has 0 radical (unpaired) electrons. The van der Waals surface area contributed by atoms with Crippen molar-refractivity contribution in [3.05, 3.63) is 138 Å². The van der Waals surface area contributed by atoms with Gasteiger partial charge >= 0.3 is 0 Å². The minimum Gasteiger partial charge on any atom is -0.508 e. The molecule has 2 heteroatoms. The maximum atomic E-state index is 9.62. The Morgan fingerprint density at radius 3 is 1.32 bits per heavy atom. The summed E-state index contributed by atoms with van der Waals surface area (Å²) in [6, 6.07) is 40.0. The van der Waals surface area contributed by atoms with Crippen LogP contribution in [0.2, 0.25) is 0 Å². The minimum atomic E-state index is -0.207. The first-order chi connectivity index (χ1) is 13.8. The number of benzene rings is 4. The van der Waals surface area contributed by atoms with Gasteiger partial charge in [0.2, 0.25) is 0 Å². The highest BCUT2D eigenvalue weighted by atomic mass is 31.1. The van der Waals surface area contributed by atoms with Crippen LogP contribution in [-0.4, -0.2) is 5.11 Å². The van der Waals surface area contributed by atoms with Gasteiger partial charge in [0.05, 0.1) is 5.16 Å². The van der Waals surface area contributed by atoms with Crippen LogP contribution in [0.4, 0.5) is 0 Å². The van der Waals surface area contributed by atoms with E-state index in [0.29, 0.717) is 14.3 Å². The molecule has 0 amide bonds. The molecule has 0 saturated carbocycles. The third-order valence-electron chi connectivity index (χ3n) is 5.11. The van der Waals surface area contributed by atoms with Crippen LogP contribution < -0.4 is 0 Å². The summed E-state index contributed by atoms with van der Waals surface area (Å²) in [5, 5.41) is 9.41. The summed E-state index contributed by atoms with van der Waals surface area (Å²) in [6.45, 7) is 0. The van der Waals surface area contributed by atoms with Crippen LogP contribution in [0.15, 0.2) is 115 Å². The second-order valence-corrected chi connectivity index (χ2v) is 8.33. The average molecular weight is 382 g/mol. The van der Waals surface area contributed by atoms with Gasteiger partial charge in [-0.2, -0.15) is 0 Å². The van der Waals surface area contributed by atoms with Crippen LogP contribution >= 0.6 is 8.58 Å². The molecular weight excluding hydrogens is 359 g/mol. The van der Waals surface area contributed by atoms with Crippen LogP contribution in [0.3, 0.4) is 0 Å². The van der Waals surface area contributed by atoms with Gasteiger partial charge < -0.3 is 5.11 Å². The van der Waals surface area contributed by atoms with Gasteiger partial charge in [0, 0.05) is 0 Å². The van der Waals surface area contributed by atoms with Crippen LogP contribution in [0.1, 0.15) is 22.3 Å². The molecule has 0 spiro atoms. The van der Waals surface area contributed by atoms with Crippen LogP contribution in [0.25, 0.3) is 0 Å². The Kier molecular flexibility index (Phi) is 5.55. The first-order valence-corrected chi connectivity index (χ1v) is 10.7. The van der Waals surface area contributed by atoms with E-state index in [-0.39, 0.29) is 5.16 Å². The molecule has 1 atom stereocenters. The van der Waals surface area contributed by atoms with Crippen molar-refractivity contribution in [3.63, 3.8) is 0 Å². The smallest absolute Gasteiger partial charge is 0.115 e. The van der Waals surface area contributed by atoms with Crippen LogP contribution in [-0.2, 0) is 11.3 Å². The number of aromatic hydroxyl groups is 1. The Labute approximate surface area is 168 Å². The lowest BCUT2D eigenvalue weighted by molar-refractivity contribution is 0.475. The Bertz CT molecular complexity index is 900. The molecule has 4 aromatic carbocycles. The lowest BCUT2D eigenvalue weighted by Gasteiger charge is -2.36. The van der Waals surface area contributed by atoms with E-state index in [1.807, 2.05) is 12.1 Å². The largest absolute Gasteiger partial charge is 0.508 e. The number of hydrogen-bond acceptors (Lipinski definition) is 1. The number of phenolic OH excluding ortho intramolecular Hbond substituents is 1. The molecule has 0 bridgehead atoms. The van der Waals surface area contributed by atoms with Crippen molar-refractivity contribution in [2.45, 2.75) is 11.3 Å². The van der Waals surface area contributed by atoms with E-state index < -0.39 is 0 Å². The SMILES string of the molecule is Oc1ccc(CPC(c2ccccc2)(c2ccccc2)c2ccccc2)cc1. The first-order valence-electron chi connectivity index (χ1n) is 9.48. The molecule has 1 unspecified atom stereocenters. The molecule has 1 N–H and O–H groups in total. The van der Waals surface area contributed by atoms with Gasteiger partial charge in [-0.15, -0.1) is 0 Å². The number of rotatable bonds is 6. The van der Waals surface area contributed by atoms with Crippen molar-refractivity contribution in [1.29, 1.82) is 0 Å². The van der Waals surface area contributed by atoms with Crippen LogP contribution in [0.5, 0.6) is 5.75 Å². The molecule has 0 aliphatic heterocycles. The lowest BCUT2D eigenvalue weighted by atomic mass is 9.84. The van der Waals surface area contributed by atoms with Crippen molar-refractivity contribution in [2.24, 2.45) is 0 Å². The van der Waals surface area contributed by atoms with Gasteiger partial charge in [-0.05, 0) is 40.5 Å². The van der Waals surface area contributed by atoms with Crippen molar-refractivity contribution in [1.82, 2.24) is 0 Å². The Hall–Kier alpha value is -2.89. The average Bonchev–Trinajstić information content (AvgIpc) is 2.78. The van der Waals surface area contributed by atoms with Crippen molar-refractivity contribution in [2.75, 3.05) is 0 Å². The van der Waals surface area contributed by atoms with Crippen LogP contribution in [0, 0.1) is 0 Å². The third kappa shape index (κ3) is 3.72. The van der Waals surface area contributed by atoms with E-state index in [4.69, 9.17) is 0 Å². The number of hydrogen-bond donors (Lipinski definition) is 1. The Morgan fingerprint density at radius 2 is 0.929 bits per heavy atom. The molecule has 0 aliphatic rings. The van der Waals surface area contributed by atoms with Gasteiger partial charge in [-0.1, -0.05) is 112 Å². The highest BCUT2D eigenvalue weighted by Gasteiger charge is 2.35. The zero-order chi connectivity index (χ0) is 19.2. The Morgan fingerprint density at radius 1 is 0.536 bits per heavy atom. The summed E-state index contributed by atoms with van der Waals surface area (Å²) in [4.78, 5) is 0. The second kappa shape index (κ2) is 8.42.